The van der Waals surface area contributed by atoms with E-state index in [2.05, 4.69) is 10.3 Å². The van der Waals surface area contributed by atoms with Crippen molar-refractivity contribution in [3.8, 4) is 0 Å². The van der Waals surface area contributed by atoms with Gasteiger partial charge in [0.25, 0.3) is 11.6 Å². The Balaban J connectivity index is 2.31. The number of nitro benzene ring substituents is 1. The smallest absolute Gasteiger partial charge is 0.321 e. The fourth-order valence-electron chi connectivity index (χ4n) is 2.11. The van der Waals surface area contributed by atoms with Gasteiger partial charge in [-0.2, -0.15) is 13.2 Å². The lowest BCUT2D eigenvalue weighted by Crippen LogP contribution is -2.17. The quantitative estimate of drug-likeness (QED) is 0.679. The highest BCUT2D eigenvalue weighted by Crippen LogP contribution is 2.29. The van der Waals surface area contributed by atoms with Gasteiger partial charge in [0.15, 0.2) is 0 Å². The van der Waals surface area contributed by atoms with Crippen LogP contribution >= 0.6 is 0 Å². The summed E-state index contributed by atoms with van der Waals surface area (Å²) in [4.78, 5) is 25.9. The molecule has 0 bridgehead atoms. The van der Waals surface area contributed by atoms with E-state index in [1.807, 2.05) is 0 Å². The zero-order chi connectivity index (χ0) is 18.1. The number of hydrogen-bond donors (Lipinski definition) is 1. The highest BCUT2D eigenvalue weighted by atomic mass is 19.4. The third kappa shape index (κ3) is 3.50. The lowest BCUT2D eigenvalue weighted by Gasteiger charge is -2.12. The number of aryl methyl sites for hydroxylation is 1. The van der Waals surface area contributed by atoms with Crippen LogP contribution in [0.5, 0.6) is 0 Å². The zero-order valence-corrected chi connectivity index (χ0v) is 12.6. The first-order valence-electron chi connectivity index (χ1n) is 6.71. The molecule has 1 amide bonds. The van der Waals surface area contributed by atoms with Crippen LogP contribution in [0, 0.1) is 24.0 Å². The van der Waals surface area contributed by atoms with E-state index in [0.29, 0.717) is 6.07 Å². The lowest BCUT2D eigenvalue weighted by molar-refractivity contribution is -0.385. The number of nitrogens with one attached hydrogen (secondary N) is 1. The van der Waals surface area contributed by atoms with Crippen molar-refractivity contribution in [2.75, 3.05) is 5.32 Å². The number of anilines is 1. The Morgan fingerprint density at radius 2 is 1.88 bits per heavy atom. The van der Waals surface area contributed by atoms with Crippen molar-refractivity contribution in [1.82, 2.24) is 4.98 Å². The molecule has 0 atom stereocenters. The molecule has 1 aromatic carbocycles. The van der Waals surface area contributed by atoms with Gasteiger partial charge in [-0.15, -0.1) is 0 Å². The Labute approximate surface area is 134 Å². The summed E-state index contributed by atoms with van der Waals surface area (Å²) in [7, 11) is 0. The van der Waals surface area contributed by atoms with Crippen LogP contribution in [0.1, 0.15) is 27.3 Å². The summed E-state index contributed by atoms with van der Waals surface area (Å²) < 4.78 is 37.8. The van der Waals surface area contributed by atoms with Gasteiger partial charge in [-0.05, 0) is 32.0 Å². The van der Waals surface area contributed by atoms with E-state index in [0.717, 1.165) is 6.07 Å². The van der Waals surface area contributed by atoms with Crippen LogP contribution in [0.3, 0.4) is 0 Å². The normalized spacial score (nSPS) is 11.2. The average Bonchev–Trinajstić information content (AvgIpc) is 2.47. The number of aromatic nitrogens is 1. The molecule has 6 nitrogen and oxygen atoms in total. The van der Waals surface area contributed by atoms with E-state index in [9.17, 15) is 28.1 Å². The van der Waals surface area contributed by atoms with E-state index in [-0.39, 0.29) is 28.2 Å². The van der Waals surface area contributed by atoms with Crippen LogP contribution in [0.2, 0.25) is 0 Å². The highest BCUT2D eigenvalue weighted by Gasteiger charge is 2.33. The number of pyridine rings is 1. The van der Waals surface area contributed by atoms with Crippen molar-refractivity contribution < 1.29 is 22.9 Å². The average molecular weight is 339 g/mol. The van der Waals surface area contributed by atoms with Gasteiger partial charge < -0.3 is 5.32 Å². The molecule has 126 valence electrons. The minimum atomic E-state index is -4.60. The highest BCUT2D eigenvalue weighted by molar-refractivity contribution is 6.05. The molecule has 9 heteroatoms. The van der Waals surface area contributed by atoms with Crippen LogP contribution in [-0.4, -0.2) is 15.8 Å². The van der Waals surface area contributed by atoms with Crippen molar-refractivity contribution in [2.24, 2.45) is 0 Å². The zero-order valence-electron chi connectivity index (χ0n) is 12.6. The van der Waals surface area contributed by atoms with Crippen molar-refractivity contribution in [3.05, 3.63) is 63.0 Å². The molecule has 0 aliphatic rings. The Hall–Kier alpha value is -2.97. The van der Waals surface area contributed by atoms with Gasteiger partial charge in [0.05, 0.1) is 27.4 Å². The summed E-state index contributed by atoms with van der Waals surface area (Å²) in [5.41, 5.74) is -0.959. The summed E-state index contributed by atoms with van der Waals surface area (Å²) in [5.74, 6) is -0.697. The van der Waals surface area contributed by atoms with Crippen LogP contribution in [-0.2, 0) is 6.18 Å². The van der Waals surface area contributed by atoms with E-state index < -0.39 is 22.7 Å². The maximum atomic E-state index is 12.6. The summed E-state index contributed by atoms with van der Waals surface area (Å²) in [6.45, 7) is 2.75. The number of alkyl halides is 3. The molecule has 1 aromatic heterocycles. The molecular formula is C15H12F3N3O3. The lowest BCUT2D eigenvalue weighted by atomic mass is 10.1. The SMILES string of the molecule is Cc1nc(C(F)(F)F)ccc1C(=O)Nc1cccc([N+](=O)[O-])c1C. The second kappa shape index (κ2) is 6.26. The van der Waals surface area contributed by atoms with Crippen LogP contribution in [0.4, 0.5) is 24.5 Å². The second-order valence-corrected chi connectivity index (χ2v) is 4.99. The van der Waals surface area contributed by atoms with Crippen LogP contribution in [0.25, 0.3) is 0 Å². The van der Waals surface area contributed by atoms with Gasteiger partial charge in [-0.25, -0.2) is 4.98 Å². The number of carbonyl (C=O) groups excluding carboxylic acids is 1. The summed E-state index contributed by atoms with van der Waals surface area (Å²) in [5, 5.41) is 13.3. The maximum absolute atomic E-state index is 12.6. The fraction of sp³-hybridized carbons (Fsp3) is 0.200. The summed E-state index contributed by atoms with van der Waals surface area (Å²) >= 11 is 0. The van der Waals surface area contributed by atoms with E-state index in [1.165, 1.54) is 32.0 Å². The molecule has 0 aliphatic heterocycles. The van der Waals surface area contributed by atoms with Gasteiger partial charge >= 0.3 is 6.18 Å². The number of nitro groups is 1. The molecule has 1 N–H and O–H groups in total. The van der Waals surface area contributed by atoms with Crippen LogP contribution in [0.15, 0.2) is 30.3 Å². The minimum Gasteiger partial charge on any atom is -0.321 e. The molecule has 0 unspecified atom stereocenters. The third-order valence-corrected chi connectivity index (χ3v) is 3.37. The molecule has 2 rings (SSSR count). The largest absolute Gasteiger partial charge is 0.433 e. The van der Waals surface area contributed by atoms with Crippen molar-refractivity contribution in [3.63, 3.8) is 0 Å². The van der Waals surface area contributed by atoms with E-state index in [4.69, 9.17) is 0 Å². The van der Waals surface area contributed by atoms with Gasteiger partial charge in [-0.1, -0.05) is 6.07 Å². The monoisotopic (exact) mass is 339 g/mol. The number of carbonyl (C=O) groups is 1. The van der Waals surface area contributed by atoms with E-state index >= 15 is 0 Å². The van der Waals surface area contributed by atoms with E-state index in [1.54, 1.807) is 0 Å². The first-order chi connectivity index (χ1) is 11.1. The molecule has 0 aliphatic carbocycles. The van der Waals surface area contributed by atoms with Gasteiger partial charge in [-0.3, -0.25) is 14.9 Å². The number of rotatable bonds is 3. The number of hydrogen-bond acceptors (Lipinski definition) is 4. The van der Waals surface area contributed by atoms with Gasteiger partial charge in [0, 0.05) is 6.07 Å². The fourth-order valence-corrected chi connectivity index (χ4v) is 2.11. The van der Waals surface area contributed by atoms with Gasteiger partial charge in [0.2, 0.25) is 0 Å². The number of benzene rings is 1. The number of amides is 1. The first-order valence-corrected chi connectivity index (χ1v) is 6.71. The second-order valence-electron chi connectivity index (χ2n) is 4.99. The molecule has 0 saturated heterocycles. The molecule has 0 saturated carbocycles. The van der Waals surface area contributed by atoms with Crippen molar-refractivity contribution >= 4 is 17.3 Å². The molecule has 0 radical (unpaired) electrons. The number of nitrogens with zero attached hydrogens (tertiary/aromatic N) is 2. The molecule has 1 heterocycles. The predicted octanol–water partition coefficient (Wildman–Crippen LogP) is 3.88. The Kier molecular flexibility index (Phi) is 4.54. The standard InChI is InChI=1S/C15H12F3N3O3/c1-8-11(4-3-5-12(8)21(23)24)20-14(22)10-6-7-13(15(16,17)18)19-9(10)2/h3-7H,1-2H3,(H,20,22). The summed E-state index contributed by atoms with van der Waals surface area (Å²) in [6, 6.07) is 5.89. The topological polar surface area (TPSA) is 85.1 Å². The first kappa shape index (κ1) is 17.4. The maximum Gasteiger partial charge on any atom is 0.433 e. The molecule has 24 heavy (non-hydrogen) atoms. The predicted molar refractivity (Wildman–Crippen MR) is 79.8 cm³/mol. The van der Waals surface area contributed by atoms with Gasteiger partial charge in [0.1, 0.15) is 5.69 Å². The van der Waals surface area contributed by atoms with Crippen molar-refractivity contribution in [1.29, 1.82) is 0 Å². The number of halogens is 3. The Morgan fingerprint density at radius 3 is 2.42 bits per heavy atom. The van der Waals surface area contributed by atoms with Crippen LogP contribution < -0.4 is 5.32 Å². The Bertz CT molecular complexity index is 819. The molecule has 0 spiro atoms. The molecule has 0 fully saturated rings. The Morgan fingerprint density at radius 1 is 1.21 bits per heavy atom. The molecular weight excluding hydrogens is 327 g/mol. The van der Waals surface area contributed by atoms with Crippen molar-refractivity contribution in [2.45, 2.75) is 20.0 Å². The third-order valence-electron chi connectivity index (χ3n) is 3.37. The molecule has 2 aromatic rings. The minimum absolute atomic E-state index is 0.0473. The summed E-state index contributed by atoms with van der Waals surface area (Å²) in [6.07, 6.45) is -4.60.